The van der Waals surface area contributed by atoms with Gasteiger partial charge in [-0.1, -0.05) is 36.4 Å². The van der Waals surface area contributed by atoms with Crippen molar-refractivity contribution >= 4 is 22.9 Å². The van der Waals surface area contributed by atoms with E-state index in [1.807, 2.05) is 42.5 Å². The van der Waals surface area contributed by atoms with Crippen LogP contribution in [0.15, 0.2) is 71.1 Å². The average molecular weight is 402 g/mol. The molecule has 6 heteroatoms. The molecule has 0 fully saturated rings. The second kappa shape index (κ2) is 7.75. The number of benzene rings is 3. The van der Waals surface area contributed by atoms with Crippen LogP contribution in [0.2, 0.25) is 0 Å². The van der Waals surface area contributed by atoms with Gasteiger partial charge >= 0.3 is 11.9 Å². The van der Waals surface area contributed by atoms with Gasteiger partial charge in [0.1, 0.15) is 17.1 Å². The Morgan fingerprint density at radius 2 is 1.63 bits per heavy atom. The fraction of sp³-hybridized carbons (Fsp3) is 0.0833. The van der Waals surface area contributed by atoms with Gasteiger partial charge < -0.3 is 19.4 Å². The van der Waals surface area contributed by atoms with E-state index in [0.29, 0.717) is 27.9 Å². The molecule has 1 heterocycles. The first-order valence-electron chi connectivity index (χ1n) is 9.21. The summed E-state index contributed by atoms with van der Waals surface area (Å²) in [6, 6.07) is 19.4. The van der Waals surface area contributed by atoms with Crippen molar-refractivity contribution in [2.75, 3.05) is 7.11 Å². The second-order valence-electron chi connectivity index (χ2n) is 6.81. The van der Waals surface area contributed by atoms with Gasteiger partial charge in [-0.05, 0) is 41.5 Å². The summed E-state index contributed by atoms with van der Waals surface area (Å²) in [7, 11) is 1.60. The molecule has 0 atom stereocenters. The Morgan fingerprint density at radius 3 is 2.37 bits per heavy atom. The monoisotopic (exact) mass is 402 g/mol. The minimum Gasteiger partial charge on any atom is -0.497 e. The second-order valence-corrected chi connectivity index (χ2v) is 6.81. The number of ether oxygens (including phenoxy) is 1. The van der Waals surface area contributed by atoms with Crippen LogP contribution in [-0.4, -0.2) is 29.3 Å². The SMILES string of the molecule is COc1cccc(-c2ccc3c(CC(=O)O)c(-c4cccc(C(=O)O)c4)oc3c2)c1. The van der Waals surface area contributed by atoms with Crippen molar-refractivity contribution in [3.8, 4) is 28.2 Å². The summed E-state index contributed by atoms with van der Waals surface area (Å²) in [5.74, 6) is -0.971. The van der Waals surface area contributed by atoms with Crippen LogP contribution in [0, 0.1) is 0 Å². The number of methoxy groups -OCH3 is 1. The molecule has 0 bridgehead atoms. The summed E-state index contributed by atoms with van der Waals surface area (Å²) in [5.41, 5.74) is 3.49. The van der Waals surface area contributed by atoms with Crippen LogP contribution < -0.4 is 4.74 Å². The minimum absolute atomic E-state index is 0.103. The maximum absolute atomic E-state index is 11.5. The van der Waals surface area contributed by atoms with E-state index in [1.165, 1.54) is 12.1 Å². The highest BCUT2D eigenvalue weighted by Crippen LogP contribution is 2.37. The molecular weight excluding hydrogens is 384 g/mol. The fourth-order valence-corrected chi connectivity index (χ4v) is 3.49. The molecule has 30 heavy (non-hydrogen) atoms. The lowest BCUT2D eigenvalue weighted by Gasteiger charge is -2.05. The van der Waals surface area contributed by atoms with Crippen molar-refractivity contribution in [1.29, 1.82) is 0 Å². The first-order valence-corrected chi connectivity index (χ1v) is 9.21. The third kappa shape index (κ3) is 3.63. The van der Waals surface area contributed by atoms with Crippen LogP contribution in [0.3, 0.4) is 0 Å². The lowest BCUT2D eigenvalue weighted by atomic mass is 9.99. The van der Waals surface area contributed by atoms with Crippen LogP contribution >= 0.6 is 0 Å². The number of furan rings is 1. The van der Waals surface area contributed by atoms with Gasteiger partial charge in [-0.15, -0.1) is 0 Å². The summed E-state index contributed by atoms with van der Waals surface area (Å²) in [5, 5.41) is 19.4. The van der Waals surface area contributed by atoms with Crippen molar-refractivity contribution < 1.29 is 29.0 Å². The van der Waals surface area contributed by atoms with Gasteiger partial charge in [0, 0.05) is 16.5 Å². The summed E-state index contributed by atoms with van der Waals surface area (Å²) in [6.45, 7) is 0. The van der Waals surface area contributed by atoms with Crippen LogP contribution in [0.1, 0.15) is 15.9 Å². The summed E-state index contributed by atoms with van der Waals surface area (Å²) >= 11 is 0. The van der Waals surface area contributed by atoms with E-state index in [9.17, 15) is 19.8 Å². The Kier molecular flexibility index (Phi) is 4.98. The normalized spacial score (nSPS) is 10.8. The zero-order valence-corrected chi connectivity index (χ0v) is 16.1. The van der Waals surface area contributed by atoms with Gasteiger partial charge in [-0.3, -0.25) is 4.79 Å². The Hall–Kier alpha value is -4.06. The topological polar surface area (TPSA) is 97.0 Å². The van der Waals surface area contributed by atoms with Crippen molar-refractivity contribution in [2.45, 2.75) is 6.42 Å². The molecule has 0 amide bonds. The van der Waals surface area contributed by atoms with Crippen LogP contribution in [-0.2, 0) is 11.2 Å². The number of rotatable bonds is 6. The van der Waals surface area contributed by atoms with E-state index in [0.717, 1.165) is 16.9 Å². The van der Waals surface area contributed by atoms with E-state index >= 15 is 0 Å². The van der Waals surface area contributed by atoms with Crippen LogP contribution in [0.4, 0.5) is 0 Å². The van der Waals surface area contributed by atoms with Gasteiger partial charge in [-0.25, -0.2) is 4.79 Å². The summed E-state index contributed by atoms with van der Waals surface area (Å²) < 4.78 is 11.3. The Labute approximate surface area is 172 Å². The van der Waals surface area contributed by atoms with E-state index in [2.05, 4.69) is 0 Å². The molecule has 1 aromatic heterocycles. The number of hydrogen-bond acceptors (Lipinski definition) is 4. The molecule has 0 aliphatic carbocycles. The standard InChI is InChI=1S/C24H18O6/c1-29-18-7-3-4-14(11-18)15-8-9-19-20(13-22(25)26)23(30-21(19)12-15)16-5-2-6-17(10-16)24(27)28/h2-12H,13H2,1H3,(H,25,26)(H,27,28). The molecule has 0 unspecified atom stereocenters. The predicted octanol–water partition coefficient (Wildman–Crippen LogP) is 5.10. The van der Waals surface area contributed by atoms with E-state index in [1.54, 1.807) is 19.2 Å². The molecule has 0 aliphatic heterocycles. The number of carboxylic acids is 2. The molecule has 2 N–H and O–H groups in total. The number of hydrogen-bond donors (Lipinski definition) is 2. The molecule has 4 rings (SSSR count). The van der Waals surface area contributed by atoms with Crippen molar-refractivity contribution in [1.82, 2.24) is 0 Å². The zero-order chi connectivity index (χ0) is 21.3. The maximum Gasteiger partial charge on any atom is 0.335 e. The average Bonchev–Trinajstić information content (AvgIpc) is 3.11. The quantitative estimate of drug-likeness (QED) is 0.466. The van der Waals surface area contributed by atoms with Crippen LogP contribution in [0.25, 0.3) is 33.4 Å². The largest absolute Gasteiger partial charge is 0.497 e. The molecule has 3 aromatic carbocycles. The Balaban J connectivity index is 1.88. The van der Waals surface area contributed by atoms with Gasteiger partial charge in [0.2, 0.25) is 0 Å². The first-order chi connectivity index (χ1) is 14.5. The molecule has 150 valence electrons. The number of carbonyl (C=O) groups is 2. The Morgan fingerprint density at radius 1 is 0.900 bits per heavy atom. The molecule has 4 aromatic rings. The Bertz CT molecular complexity index is 1270. The number of carboxylic acid groups (broad SMARTS) is 2. The van der Waals surface area contributed by atoms with Gasteiger partial charge in [0.05, 0.1) is 19.1 Å². The third-order valence-corrected chi connectivity index (χ3v) is 4.90. The van der Waals surface area contributed by atoms with E-state index in [-0.39, 0.29) is 12.0 Å². The smallest absolute Gasteiger partial charge is 0.335 e. The van der Waals surface area contributed by atoms with Crippen molar-refractivity contribution in [2.24, 2.45) is 0 Å². The van der Waals surface area contributed by atoms with Crippen LogP contribution in [0.5, 0.6) is 5.75 Å². The van der Waals surface area contributed by atoms with Crippen molar-refractivity contribution in [3.63, 3.8) is 0 Å². The van der Waals surface area contributed by atoms with Gasteiger partial charge in [0.25, 0.3) is 0 Å². The van der Waals surface area contributed by atoms with E-state index < -0.39 is 11.9 Å². The molecule has 6 nitrogen and oxygen atoms in total. The lowest BCUT2D eigenvalue weighted by Crippen LogP contribution is -2.01. The highest BCUT2D eigenvalue weighted by atomic mass is 16.5. The van der Waals surface area contributed by atoms with Gasteiger partial charge in [-0.2, -0.15) is 0 Å². The lowest BCUT2D eigenvalue weighted by molar-refractivity contribution is -0.136. The zero-order valence-electron chi connectivity index (χ0n) is 16.1. The highest BCUT2D eigenvalue weighted by Gasteiger charge is 2.20. The van der Waals surface area contributed by atoms with Crippen molar-refractivity contribution in [3.05, 3.63) is 77.9 Å². The maximum atomic E-state index is 11.5. The number of aliphatic carboxylic acids is 1. The molecule has 0 radical (unpaired) electrons. The number of fused-ring (bicyclic) bond motifs is 1. The third-order valence-electron chi connectivity index (χ3n) is 4.90. The minimum atomic E-state index is -1.06. The molecule has 0 saturated carbocycles. The van der Waals surface area contributed by atoms with Gasteiger partial charge in [0.15, 0.2) is 0 Å². The van der Waals surface area contributed by atoms with E-state index in [4.69, 9.17) is 9.15 Å². The molecule has 0 aliphatic rings. The molecule has 0 saturated heterocycles. The molecule has 0 spiro atoms. The number of aromatic carboxylic acids is 1. The molecular formula is C24H18O6. The fourth-order valence-electron chi connectivity index (χ4n) is 3.49. The summed E-state index contributed by atoms with van der Waals surface area (Å²) in [4.78, 5) is 22.8. The summed E-state index contributed by atoms with van der Waals surface area (Å²) in [6.07, 6.45) is -0.238. The highest BCUT2D eigenvalue weighted by molar-refractivity contribution is 5.95. The predicted molar refractivity (Wildman–Crippen MR) is 112 cm³/mol. The first kappa shape index (κ1) is 19.3.